The van der Waals surface area contributed by atoms with Gasteiger partial charge < -0.3 is 20.5 Å². The van der Waals surface area contributed by atoms with Crippen LogP contribution in [0.15, 0.2) is 42.5 Å². The van der Waals surface area contributed by atoms with Crippen molar-refractivity contribution < 1.29 is 14.6 Å². The third kappa shape index (κ3) is 2.50. The zero-order chi connectivity index (χ0) is 14.8. The minimum atomic E-state index is -0.231. The van der Waals surface area contributed by atoms with E-state index in [-0.39, 0.29) is 17.6 Å². The van der Waals surface area contributed by atoms with Crippen LogP contribution in [0.3, 0.4) is 0 Å². The molecule has 0 bridgehead atoms. The van der Waals surface area contributed by atoms with E-state index in [1.165, 1.54) is 13.2 Å². The van der Waals surface area contributed by atoms with E-state index in [2.05, 4.69) is 10.6 Å². The first-order chi connectivity index (χ1) is 10.2. The molecule has 5 heteroatoms. The molecule has 3 N–H and O–H groups in total. The van der Waals surface area contributed by atoms with Crippen molar-refractivity contribution in [2.75, 3.05) is 24.3 Å². The molecule has 3 rings (SSSR count). The summed E-state index contributed by atoms with van der Waals surface area (Å²) in [6, 6.07) is 12.6. The Bertz CT molecular complexity index is 685. The number of carbonyl (C=O) groups excluding carboxylic acids is 1. The Hall–Kier alpha value is -2.69. The molecule has 0 saturated carbocycles. The van der Waals surface area contributed by atoms with Crippen molar-refractivity contribution in [3.63, 3.8) is 0 Å². The molecule has 2 aromatic rings. The highest BCUT2D eigenvalue weighted by atomic mass is 16.5. The number of nitrogens with one attached hydrogen (secondary N) is 2. The van der Waals surface area contributed by atoms with Gasteiger partial charge in [0, 0.05) is 24.0 Å². The number of methoxy groups -OCH3 is 1. The van der Waals surface area contributed by atoms with Gasteiger partial charge in [-0.25, -0.2) is 0 Å². The molecule has 1 aliphatic heterocycles. The van der Waals surface area contributed by atoms with Gasteiger partial charge in [-0.05, 0) is 23.8 Å². The number of para-hydroxylation sites is 1. The van der Waals surface area contributed by atoms with Gasteiger partial charge in [0.05, 0.1) is 13.0 Å². The first-order valence-electron chi connectivity index (χ1n) is 6.69. The molecular formula is C16H16N2O3. The van der Waals surface area contributed by atoms with Gasteiger partial charge in [-0.2, -0.15) is 0 Å². The molecular weight excluding hydrogens is 268 g/mol. The zero-order valence-electron chi connectivity index (χ0n) is 11.6. The fraction of sp³-hybridized carbons (Fsp3) is 0.188. The predicted molar refractivity (Wildman–Crippen MR) is 81.0 cm³/mol. The van der Waals surface area contributed by atoms with E-state index in [4.69, 9.17) is 4.74 Å². The van der Waals surface area contributed by atoms with E-state index < -0.39 is 0 Å². The fourth-order valence-corrected chi connectivity index (χ4v) is 2.51. The molecule has 2 aromatic carbocycles. The Kier molecular flexibility index (Phi) is 3.39. The molecule has 1 heterocycles. The van der Waals surface area contributed by atoms with Gasteiger partial charge in [-0.1, -0.05) is 18.2 Å². The standard InChI is InChI=1S/C16H16N2O3/c1-21-15-7-6-10(8-14(15)19)18-16(20)12-9-17-13-5-3-2-4-11(12)13/h2-8,12,17,19H,9H2,1H3,(H,18,20). The zero-order valence-corrected chi connectivity index (χ0v) is 11.6. The summed E-state index contributed by atoms with van der Waals surface area (Å²) in [6.45, 7) is 0.577. The highest BCUT2D eigenvalue weighted by molar-refractivity contribution is 5.98. The van der Waals surface area contributed by atoms with Gasteiger partial charge in [0.2, 0.25) is 5.91 Å². The van der Waals surface area contributed by atoms with Crippen LogP contribution in [-0.2, 0) is 4.79 Å². The highest BCUT2D eigenvalue weighted by Crippen LogP contribution is 2.33. The lowest BCUT2D eigenvalue weighted by Gasteiger charge is -2.12. The number of phenols is 1. The summed E-state index contributed by atoms with van der Waals surface area (Å²) in [4.78, 5) is 12.4. The first kappa shape index (κ1) is 13.3. The molecule has 1 unspecified atom stereocenters. The number of anilines is 2. The van der Waals surface area contributed by atoms with E-state index in [0.29, 0.717) is 18.0 Å². The molecule has 0 fully saturated rings. The van der Waals surface area contributed by atoms with Gasteiger partial charge in [-0.3, -0.25) is 4.79 Å². The normalized spacial score (nSPS) is 16.0. The molecule has 1 amide bonds. The van der Waals surface area contributed by atoms with Gasteiger partial charge in [0.25, 0.3) is 0 Å². The lowest BCUT2D eigenvalue weighted by Crippen LogP contribution is -2.22. The average Bonchev–Trinajstić information content (AvgIpc) is 2.91. The summed E-state index contributed by atoms with van der Waals surface area (Å²) in [5.74, 6) is 0.0450. The number of phenolic OH excluding ortho intramolecular Hbond substituents is 1. The summed E-state index contributed by atoms with van der Waals surface area (Å²) in [7, 11) is 1.48. The Labute approximate surface area is 122 Å². The fourth-order valence-electron chi connectivity index (χ4n) is 2.51. The molecule has 108 valence electrons. The molecule has 5 nitrogen and oxygen atoms in total. The number of carbonyl (C=O) groups is 1. The van der Waals surface area contributed by atoms with E-state index in [1.807, 2.05) is 24.3 Å². The van der Waals surface area contributed by atoms with Crippen LogP contribution in [0.1, 0.15) is 11.5 Å². The van der Waals surface area contributed by atoms with Crippen molar-refractivity contribution in [2.45, 2.75) is 5.92 Å². The van der Waals surface area contributed by atoms with Crippen molar-refractivity contribution >= 4 is 17.3 Å². The van der Waals surface area contributed by atoms with Crippen molar-refractivity contribution in [3.05, 3.63) is 48.0 Å². The summed E-state index contributed by atoms with van der Waals surface area (Å²) >= 11 is 0. The summed E-state index contributed by atoms with van der Waals surface area (Å²) < 4.78 is 4.98. The Morgan fingerprint density at radius 3 is 2.90 bits per heavy atom. The van der Waals surface area contributed by atoms with Crippen LogP contribution in [0, 0.1) is 0 Å². The molecule has 1 aliphatic rings. The maximum Gasteiger partial charge on any atom is 0.233 e. The Balaban J connectivity index is 1.77. The highest BCUT2D eigenvalue weighted by Gasteiger charge is 2.28. The molecule has 1 atom stereocenters. The van der Waals surface area contributed by atoms with Crippen LogP contribution in [-0.4, -0.2) is 24.7 Å². The minimum Gasteiger partial charge on any atom is -0.504 e. The number of fused-ring (bicyclic) bond motifs is 1. The number of aromatic hydroxyl groups is 1. The molecule has 0 spiro atoms. The van der Waals surface area contributed by atoms with Crippen LogP contribution < -0.4 is 15.4 Å². The van der Waals surface area contributed by atoms with Crippen LogP contribution >= 0.6 is 0 Å². The van der Waals surface area contributed by atoms with E-state index >= 15 is 0 Å². The van der Waals surface area contributed by atoms with Crippen LogP contribution in [0.2, 0.25) is 0 Å². The Morgan fingerprint density at radius 2 is 2.14 bits per heavy atom. The van der Waals surface area contributed by atoms with Crippen molar-refractivity contribution in [1.29, 1.82) is 0 Å². The number of hydrogen-bond donors (Lipinski definition) is 3. The van der Waals surface area contributed by atoms with Crippen LogP contribution in [0.25, 0.3) is 0 Å². The van der Waals surface area contributed by atoms with Crippen LogP contribution in [0.4, 0.5) is 11.4 Å². The lowest BCUT2D eigenvalue weighted by molar-refractivity contribution is -0.117. The van der Waals surface area contributed by atoms with Gasteiger partial charge >= 0.3 is 0 Å². The lowest BCUT2D eigenvalue weighted by atomic mass is 10.0. The average molecular weight is 284 g/mol. The molecule has 0 aromatic heterocycles. The number of amides is 1. The molecule has 0 aliphatic carbocycles. The Morgan fingerprint density at radius 1 is 1.33 bits per heavy atom. The van der Waals surface area contributed by atoms with Crippen LogP contribution in [0.5, 0.6) is 11.5 Å². The number of hydrogen-bond acceptors (Lipinski definition) is 4. The van der Waals surface area contributed by atoms with Gasteiger partial charge in [0.1, 0.15) is 0 Å². The van der Waals surface area contributed by atoms with E-state index in [1.54, 1.807) is 12.1 Å². The molecule has 0 radical (unpaired) electrons. The number of benzene rings is 2. The smallest absolute Gasteiger partial charge is 0.233 e. The summed E-state index contributed by atoms with van der Waals surface area (Å²) in [5, 5.41) is 15.8. The van der Waals surface area contributed by atoms with Crippen molar-refractivity contribution in [3.8, 4) is 11.5 Å². The van der Waals surface area contributed by atoms with E-state index in [0.717, 1.165) is 11.3 Å². The quantitative estimate of drug-likeness (QED) is 0.810. The molecule has 21 heavy (non-hydrogen) atoms. The third-order valence-electron chi connectivity index (χ3n) is 3.60. The summed E-state index contributed by atoms with van der Waals surface area (Å²) in [5.41, 5.74) is 2.53. The van der Waals surface area contributed by atoms with Crippen molar-refractivity contribution in [2.24, 2.45) is 0 Å². The second-order valence-electron chi connectivity index (χ2n) is 4.90. The van der Waals surface area contributed by atoms with Gasteiger partial charge in [-0.15, -0.1) is 0 Å². The monoisotopic (exact) mass is 284 g/mol. The van der Waals surface area contributed by atoms with Gasteiger partial charge in [0.15, 0.2) is 11.5 Å². The summed E-state index contributed by atoms with van der Waals surface area (Å²) in [6.07, 6.45) is 0. The second kappa shape index (κ2) is 5.36. The maximum atomic E-state index is 12.4. The minimum absolute atomic E-state index is 0.000229. The number of ether oxygens (including phenoxy) is 1. The largest absolute Gasteiger partial charge is 0.504 e. The number of rotatable bonds is 3. The maximum absolute atomic E-state index is 12.4. The van der Waals surface area contributed by atoms with Crippen molar-refractivity contribution in [1.82, 2.24) is 0 Å². The molecule has 0 saturated heterocycles. The third-order valence-corrected chi connectivity index (χ3v) is 3.60. The SMILES string of the molecule is COc1ccc(NC(=O)C2CNc3ccccc32)cc1O. The van der Waals surface area contributed by atoms with E-state index in [9.17, 15) is 9.90 Å². The first-order valence-corrected chi connectivity index (χ1v) is 6.69. The second-order valence-corrected chi connectivity index (χ2v) is 4.90. The predicted octanol–water partition coefficient (Wildman–Crippen LogP) is 2.55. The topological polar surface area (TPSA) is 70.6 Å².